The highest BCUT2D eigenvalue weighted by atomic mass is 35.5. The van der Waals surface area contributed by atoms with E-state index in [-0.39, 0.29) is 10.9 Å². The van der Waals surface area contributed by atoms with E-state index in [2.05, 4.69) is 11.2 Å². The van der Waals surface area contributed by atoms with Crippen molar-refractivity contribution in [1.29, 1.82) is 0 Å². The van der Waals surface area contributed by atoms with E-state index in [0.717, 1.165) is 31.3 Å². The Morgan fingerprint density at radius 1 is 1.06 bits per heavy atom. The molecule has 9 heteroatoms. The molecule has 2 aromatic carbocycles. The number of hydrogen-bond acceptors (Lipinski definition) is 4. The van der Waals surface area contributed by atoms with Gasteiger partial charge >= 0.3 is 0 Å². The summed E-state index contributed by atoms with van der Waals surface area (Å²) < 4.78 is 28.7. The van der Waals surface area contributed by atoms with Gasteiger partial charge in [0.25, 0.3) is 10.0 Å². The summed E-state index contributed by atoms with van der Waals surface area (Å²) in [5.41, 5.74) is 0.391. The number of sulfonamides is 1. The van der Waals surface area contributed by atoms with Crippen LogP contribution in [0.15, 0.2) is 47.4 Å². The highest BCUT2D eigenvalue weighted by Gasteiger charge is 2.31. The van der Waals surface area contributed by atoms with Crippen LogP contribution in [0.4, 0.5) is 5.69 Å². The summed E-state index contributed by atoms with van der Waals surface area (Å²) in [6.45, 7) is 5.09. The zero-order valence-corrected chi connectivity index (χ0v) is 22.2. The maximum atomic E-state index is 13.7. The number of anilines is 1. The third-order valence-electron chi connectivity index (χ3n) is 5.88. The monoisotopic (exact) mass is 534 g/mol. The average molecular weight is 536 g/mol. The predicted molar refractivity (Wildman–Crippen MR) is 139 cm³/mol. The molecule has 32 heavy (non-hydrogen) atoms. The molecule has 0 aliphatic carbocycles. The van der Waals surface area contributed by atoms with Crippen molar-refractivity contribution >= 4 is 62.3 Å². The molecule has 1 aliphatic heterocycles. The number of nitrogens with zero attached hydrogens (tertiary/aromatic N) is 2. The van der Waals surface area contributed by atoms with Gasteiger partial charge in [0.1, 0.15) is 0 Å². The van der Waals surface area contributed by atoms with Gasteiger partial charge in [-0.25, -0.2) is 8.42 Å². The fraction of sp³-hybridized carbons (Fsp3) is 0.478. The van der Waals surface area contributed by atoms with Crippen molar-refractivity contribution in [2.24, 2.45) is 0 Å². The average Bonchev–Trinajstić information content (AvgIpc) is 2.77. The Hall–Kier alpha value is -0.630. The molecule has 1 saturated heterocycles. The molecule has 0 unspecified atom stereocenters. The minimum absolute atomic E-state index is 0.170. The molecular formula is C23H29Cl3N2O2S2. The lowest BCUT2D eigenvalue weighted by molar-refractivity contribution is 0.227. The fourth-order valence-electron chi connectivity index (χ4n) is 4.07. The quantitative estimate of drug-likeness (QED) is 0.352. The first-order valence-electron chi connectivity index (χ1n) is 10.7. The zero-order chi connectivity index (χ0) is 23.3. The smallest absolute Gasteiger partial charge is 0.264 e. The Kier molecular flexibility index (Phi) is 9.48. The van der Waals surface area contributed by atoms with Crippen LogP contribution in [-0.4, -0.2) is 50.5 Å². The summed E-state index contributed by atoms with van der Waals surface area (Å²) in [5, 5.41) is 2.02. The second-order valence-corrected chi connectivity index (χ2v) is 12.4. The summed E-state index contributed by atoms with van der Waals surface area (Å²) >= 11 is 20.6. The van der Waals surface area contributed by atoms with Crippen LogP contribution in [0.1, 0.15) is 32.6 Å². The molecule has 1 atom stereocenters. The predicted octanol–water partition coefficient (Wildman–Crippen LogP) is 6.84. The molecule has 0 radical (unpaired) electrons. The first-order valence-corrected chi connectivity index (χ1v) is 14.6. The Labute approximate surface area is 211 Å². The maximum absolute atomic E-state index is 13.7. The third kappa shape index (κ3) is 6.49. The van der Waals surface area contributed by atoms with Gasteiger partial charge in [-0.1, -0.05) is 34.8 Å². The largest absolute Gasteiger partial charge is 0.303 e. The van der Waals surface area contributed by atoms with E-state index >= 15 is 0 Å². The molecule has 4 nitrogen and oxygen atoms in total. The molecule has 0 amide bonds. The fourth-order valence-corrected chi connectivity index (χ4v) is 7.00. The molecule has 1 aliphatic rings. The molecule has 0 N–H and O–H groups in total. The molecule has 1 heterocycles. The van der Waals surface area contributed by atoms with Crippen molar-refractivity contribution in [2.75, 3.05) is 30.2 Å². The van der Waals surface area contributed by atoms with Gasteiger partial charge in [0, 0.05) is 21.3 Å². The molecule has 1 fully saturated rings. The van der Waals surface area contributed by atoms with Gasteiger partial charge in [-0.3, -0.25) is 4.31 Å². The first kappa shape index (κ1) is 26.0. The molecule has 0 spiro atoms. The van der Waals surface area contributed by atoms with Crippen LogP contribution in [0.25, 0.3) is 0 Å². The van der Waals surface area contributed by atoms with Crippen molar-refractivity contribution < 1.29 is 8.42 Å². The summed E-state index contributed by atoms with van der Waals surface area (Å²) in [6.07, 6.45) is 6.21. The van der Waals surface area contributed by atoms with Crippen molar-refractivity contribution in [2.45, 2.75) is 48.8 Å². The number of halogens is 3. The normalized spacial score (nSPS) is 16.8. The van der Waals surface area contributed by atoms with Gasteiger partial charge in [-0.15, -0.1) is 0 Å². The lowest BCUT2D eigenvalue weighted by atomic mass is 10.1. The summed E-state index contributed by atoms with van der Waals surface area (Å²) in [5.74, 6) is 0. The SMILES string of the molecule is CSC1CCN(CCC[C@@H](C)N(c2cc(Cl)ccc2Cl)S(=O)(=O)c2ccc(Cl)cc2)CC1. The van der Waals surface area contributed by atoms with Crippen molar-refractivity contribution in [3.8, 4) is 0 Å². The molecular weight excluding hydrogens is 507 g/mol. The van der Waals surface area contributed by atoms with Crippen LogP contribution >= 0.6 is 46.6 Å². The number of benzene rings is 2. The van der Waals surface area contributed by atoms with Crippen LogP contribution in [0.5, 0.6) is 0 Å². The molecule has 0 saturated carbocycles. The van der Waals surface area contributed by atoms with Gasteiger partial charge in [0.15, 0.2) is 0 Å². The second kappa shape index (κ2) is 11.7. The Morgan fingerprint density at radius 2 is 1.69 bits per heavy atom. The van der Waals surface area contributed by atoms with Crippen molar-refractivity contribution in [3.05, 3.63) is 57.5 Å². The topological polar surface area (TPSA) is 40.6 Å². The third-order valence-corrected chi connectivity index (χ3v) is 9.77. The Bertz CT molecular complexity index is 995. The van der Waals surface area contributed by atoms with Crippen LogP contribution in [0.2, 0.25) is 15.1 Å². The molecule has 2 aromatic rings. The van der Waals surface area contributed by atoms with E-state index in [0.29, 0.717) is 27.2 Å². The van der Waals surface area contributed by atoms with E-state index in [1.165, 1.54) is 29.3 Å². The number of hydrogen-bond donors (Lipinski definition) is 0. The van der Waals surface area contributed by atoms with Crippen LogP contribution in [0, 0.1) is 0 Å². The van der Waals surface area contributed by atoms with Crippen molar-refractivity contribution in [1.82, 2.24) is 4.90 Å². The van der Waals surface area contributed by atoms with Gasteiger partial charge < -0.3 is 4.90 Å². The highest BCUT2D eigenvalue weighted by Crippen LogP contribution is 2.35. The lowest BCUT2D eigenvalue weighted by Crippen LogP contribution is -2.40. The highest BCUT2D eigenvalue weighted by molar-refractivity contribution is 7.99. The van der Waals surface area contributed by atoms with E-state index in [1.54, 1.807) is 30.3 Å². The summed E-state index contributed by atoms with van der Waals surface area (Å²) in [7, 11) is -3.86. The van der Waals surface area contributed by atoms with Gasteiger partial charge in [-0.2, -0.15) is 11.8 Å². The number of rotatable bonds is 9. The lowest BCUT2D eigenvalue weighted by Gasteiger charge is -2.33. The second-order valence-electron chi connectivity index (χ2n) is 8.12. The zero-order valence-electron chi connectivity index (χ0n) is 18.3. The van der Waals surface area contributed by atoms with Crippen molar-refractivity contribution in [3.63, 3.8) is 0 Å². The first-order chi connectivity index (χ1) is 15.2. The summed E-state index contributed by atoms with van der Waals surface area (Å²) in [6, 6.07) is 10.8. The minimum atomic E-state index is -3.86. The number of thioether (sulfide) groups is 1. The van der Waals surface area contributed by atoms with Gasteiger partial charge in [0.2, 0.25) is 0 Å². The van der Waals surface area contributed by atoms with Gasteiger partial charge in [0.05, 0.1) is 15.6 Å². The summed E-state index contributed by atoms with van der Waals surface area (Å²) in [4.78, 5) is 2.65. The van der Waals surface area contributed by atoms with E-state index in [4.69, 9.17) is 34.8 Å². The van der Waals surface area contributed by atoms with Crippen LogP contribution in [-0.2, 0) is 10.0 Å². The standard InChI is InChI=1S/C23H29Cl3N2O2S2/c1-17(4-3-13-27-14-11-20(31-2)12-15-27)28(23-16-19(25)7-10-22(23)26)32(29,30)21-8-5-18(24)6-9-21/h5-10,16-17,20H,3-4,11-15H2,1-2H3/t17-/m1/s1. The molecule has 0 aromatic heterocycles. The molecule has 176 valence electrons. The van der Waals surface area contributed by atoms with E-state index < -0.39 is 10.0 Å². The number of piperidine rings is 1. The molecule has 0 bridgehead atoms. The minimum Gasteiger partial charge on any atom is -0.303 e. The molecule has 3 rings (SSSR count). The van der Waals surface area contributed by atoms with E-state index in [1.807, 2.05) is 18.7 Å². The van der Waals surface area contributed by atoms with Gasteiger partial charge in [-0.05, 0) is 101 Å². The maximum Gasteiger partial charge on any atom is 0.264 e. The Balaban J connectivity index is 1.79. The number of likely N-dealkylation sites (tertiary alicyclic amines) is 1. The van der Waals surface area contributed by atoms with Crippen LogP contribution < -0.4 is 4.31 Å². The van der Waals surface area contributed by atoms with Crippen LogP contribution in [0.3, 0.4) is 0 Å². The van der Waals surface area contributed by atoms with E-state index in [9.17, 15) is 8.42 Å². The Morgan fingerprint density at radius 3 is 2.31 bits per heavy atom.